The second kappa shape index (κ2) is 7.86. The van der Waals surface area contributed by atoms with Crippen LogP contribution in [0.3, 0.4) is 0 Å². The predicted molar refractivity (Wildman–Crippen MR) is 106 cm³/mol. The Morgan fingerprint density at radius 1 is 1.23 bits per heavy atom. The van der Waals surface area contributed by atoms with Gasteiger partial charge in [0.05, 0.1) is 4.88 Å². The highest BCUT2D eigenvalue weighted by molar-refractivity contribution is 7.17. The fourth-order valence-corrected chi connectivity index (χ4v) is 4.50. The minimum atomic E-state index is 0. The van der Waals surface area contributed by atoms with Crippen molar-refractivity contribution in [1.29, 1.82) is 0 Å². The molecular formula is C19H23ClN2O3S. The molecule has 26 heavy (non-hydrogen) atoms. The number of nitrogens with zero attached hydrogens (tertiary/aromatic N) is 1. The van der Waals surface area contributed by atoms with Crippen molar-refractivity contribution in [2.45, 2.75) is 19.4 Å². The molecule has 1 fully saturated rings. The van der Waals surface area contributed by atoms with Crippen LogP contribution < -0.4 is 15.2 Å². The van der Waals surface area contributed by atoms with Crippen molar-refractivity contribution in [1.82, 2.24) is 4.90 Å². The van der Waals surface area contributed by atoms with Gasteiger partial charge in [-0.25, -0.2) is 0 Å². The molecule has 3 heterocycles. The van der Waals surface area contributed by atoms with Crippen LogP contribution in [0.25, 0.3) is 10.4 Å². The van der Waals surface area contributed by atoms with Crippen LogP contribution in [0.4, 0.5) is 0 Å². The van der Waals surface area contributed by atoms with Crippen LogP contribution in [0, 0.1) is 5.92 Å². The third-order valence-corrected chi connectivity index (χ3v) is 6.02. The highest BCUT2D eigenvalue weighted by atomic mass is 35.5. The zero-order chi connectivity index (χ0) is 17.4. The van der Waals surface area contributed by atoms with Crippen LogP contribution >= 0.6 is 23.7 Å². The van der Waals surface area contributed by atoms with Crippen molar-refractivity contribution in [3.05, 3.63) is 35.2 Å². The number of hydrogen-bond donors (Lipinski definition) is 1. The van der Waals surface area contributed by atoms with Crippen LogP contribution in [0.2, 0.25) is 0 Å². The molecule has 2 atom stereocenters. The Morgan fingerprint density at radius 2 is 2.00 bits per heavy atom. The molecule has 0 radical (unpaired) electrons. The number of nitrogens with two attached hydrogens (primary N) is 1. The van der Waals surface area contributed by atoms with Crippen molar-refractivity contribution in [3.8, 4) is 21.9 Å². The number of carbonyl (C=O) groups excluding carboxylic acids is 1. The number of carbonyl (C=O) groups is 1. The summed E-state index contributed by atoms with van der Waals surface area (Å²) in [6, 6.07) is 10.1. The van der Waals surface area contributed by atoms with E-state index < -0.39 is 0 Å². The largest absolute Gasteiger partial charge is 0.486 e. The van der Waals surface area contributed by atoms with Gasteiger partial charge in [0.2, 0.25) is 0 Å². The maximum Gasteiger partial charge on any atom is 0.264 e. The Labute approximate surface area is 163 Å². The number of rotatable bonds is 3. The molecule has 2 aliphatic heterocycles. The molecule has 2 unspecified atom stereocenters. The van der Waals surface area contributed by atoms with E-state index >= 15 is 0 Å². The molecular weight excluding hydrogens is 372 g/mol. The quantitative estimate of drug-likeness (QED) is 0.866. The molecule has 1 aromatic carbocycles. The monoisotopic (exact) mass is 394 g/mol. The van der Waals surface area contributed by atoms with Gasteiger partial charge in [0.1, 0.15) is 13.2 Å². The number of fused-ring (bicyclic) bond motifs is 1. The van der Waals surface area contributed by atoms with Gasteiger partial charge in [0, 0.05) is 17.5 Å². The lowest BCUT2D eigenvalue weighted by Crippen LogP contribution is -2.33. The summed E-state index contributed by atoms with van der Waals surface area (Å²) in [6.07, 6.45) is 0.989. The normalized spacial score (nSPS) is 21.4. The topological polar surface area (TPSA) is 64.8 Å². The van der Waals surface area contributed by atoms with Gasteiger partial charge in [-0.15, -0.1) is 23.7 Å². The van der Waals surface area contributed by atoms with E-state index in [-0.39, 0.29) is 24.4 Å². The first-order chi connectivity index (χ1) is 12.2. The highest BCUT2D eigenvalue weighted by Crippen LogP contribution is 2.37. The fraction of sp³-hybridized carbons (Fsp3) is 0.421. The molecule has 4 rings (SSSR count). The number of amides is 1. The molecule has 0 spiro atoms. The van der Waals surface area contributed by atoms with Gasteiger partial charge in [-0.2, -0.15) is 0 Å². The summed E-state index contributed by atoms with van der Waals surface area (Å²) in [5.74, 6) is 2.07. The molecule has 140 valence electrons. The second-order valence-electron chi connectivity index (χ2n) is 6.67. The van der Waals surface area contributed by atoms with E-state index in [0.29, 0.717) is 25.7 Å². The summed E-state index contributed by atoms with van der Waals surface area (Å²) in [5.41, 5.74) is 6.82. The van der Waals surface area contributed by atoms with Crippen LogP contribution in [-0.4, -0.2) is 43.2 Å². The van der Waals surface area contributed by atoms with E-state index in [2.05, 4.69) is 6.92 Å². The first-order valence-corrected chi connectivity index (χ1v) is 9.48. The summed E-state index contributed by atoms with van der Waals surface area (Å²) in [5, 5.41) is 0. The number of ether oxygens (including phenoxy) is 2. The van der Waals surface area contributed by atoms with E-state index in [1.54, 1.807) is 0 Å². The van der Waals surface area contributed by atoms with Gasteiger partial charge < -0.3 is 20.1 Å². The van der Waals surface area contributed by atoms with Crippen molar-refractivity contribution < 1.29 is 14.3 Å². The van der Waals surface area contributed by atoms with Gasteiger partial charge in [-0.1, -0.05) is 0 Å². The van der Waals surface area contributed by atoms with Gasteiger partial charge in [0.15, 0.2) is 11.5 Å². The molecule has 0 saturated carbocycles. The minimum absolute atomic E-state index is 0. The molecule has 1 amide bonds. The third kappa shape index (κ3) is 3.54. The SMILES string of the molecule is CC1CC(CN)CN1C(=O)c1ccc(-c2ccc3c(c2)OCCO3)s1.Cl. The summed E-state index contributed by atoms with van der Waals surface area (Å²) < 4.78 is 11.2. The molecule has 0 aliphatic carbocycles. The van der Waals surface area contributed by atoms with E-state index in [1.807, 2.05) is 35.2 Å². The van der Waals surface area contributed by atoms with Gasteiger partial charge in [0.25, 0.3) is 5.91 Å². The third-order valence-electron chi connectivity index (χ3n) is 4.90. The number of benzene rings is 1. The molecule has 0 bridgehead atoms. The zero-order valence-electron chi connectivity index (χ0n) is 14.6. The molecule has 5 nitrogen and oxygen atoms in total. The summed E-state index contributed by atoms with van der Waals surface area (Å²) >= 11 is 1.52. The van der Waals surface area contributed by atoms with Gasteiger partial charge in [-0.3, -0.25) is 4.79 Å². The average molecular weight is 395 g/mol. The number of halogens is 1. The smallest absolute Gasteiger partial charge is 0.264 e. The number of hydrogen-bond acceptors (Lipinski definition) is 5. The predicted octanol–water partition coefficient (Wildman–Crippen LogP) is 3.42. The highest BCUT2D eigenvalue weighted by Gasteiger charge is 2.32. The van der Waals surface area contributed by atoms with E-state index in [4.69, 9.17) is 15.2 Å². The van der Waals surface area contributed by atoms with Gasteiger partial charge in [-0.05, 0) is 61.7 Å². The van der Waals surface area contributed by atoms with Crippen LogP contribution in [-0.2, 0) is 0 Å². The molecule has 1 saturated heterocycles. The summed E-state index contributed by atoms with van der Waals surface area (Å²) in [6.45, 7) is 4.65. The van der Waals surface area contributed by atoms with Crippen molar-refractivity contribution in [3.63, 3.8) is 0 Å². The Morgan fingerprint density at radius 3 is 2.73 bits per heavy atom. The lowest BCUT2D eigenvalue weighted by Gasteiger charge is -2.20. The maximum absolute atomic E-state index is 12.8. The van der Waals surface area contributed by atoms with Crippen molar-refractivity contribution in [2.24, 2.45) is 11.7 Å². The van der Waals surface area contributed by atoms with Crippen LogP contribution in [0.15, 0.2) is 30.3 Å². The zero-order valence-corrected chi connectivity index (χ0v) is 16.3. The number of likely N-dealkylation sites (tertiary alicyclic amines) is 1. The lowest BCUT2D eigenvalue weighted by atomic mass is 10.1. The Balaban J connectivity index is 0.00000196. The molecule has 7 heteroatoms. The maximum atomic E-state index is 12.8. The Hall–Kier alpha value is -1.76. The van der Waals surface area contributed by atoms with Crippen molar-refractivity contribution in [2.75, 3.05) is 26.3 Å². The first-order valence-electron chi connectivity index (χ1n) is 8.66. The fourth-order valence-electron chi connectivity index (χ4n) is 3.54. The minimum Gasteiger partial charge on any atom is -0.486 e. The molecule has 2 N–H and O–H groups in total. The van der Waals surface area contributed by atoms with E-state index in [1.165, 1.54) is 11.3 Å². The molecule has 2 aliphatic rings. The summed E-state index contributed by atoms with van der Waals surface area (Å²) in [7, 11) is 0. The Kier molecular flexibility index (Phi) is 5.75. The Bertz CT molecular complexity index is 795. The van der Waals surface area contributed by atoms with Gasteiger partial charge >= 0.3 is 0 Å². The standard InChI is InChI=1S/C19H22N2O3S.ClH/c1-12-8-13(10-20)11-21(12)19(22)18-5-4-17(25-18)14-2-3-15-16(9-14)24-7-6-23-15;/h2-5,9,12-13H,6-8,10-11,20H2,1H3;1H. The van der Waals surface area contributed by atoms with E-state index in [0.717, 1.165) is 39.8 Å². The van der Waals surface area contributed by atoms with Crippen LogP contribution in [0.1, 0.15) is 23.0 Å². The van der Waals surface area contributed by atoms with Crippen LogP contribution in [0.5, 0.6) is 11.5 Å². The summed E-state index contributed by atoms with van der Waals surface area (Å²) in [4.78, 5) is 16.6. The molecule has 2 aromatic rings. The lowest BCUT2D eigenvalue weighted by molar-refractivity contribution is 0.0748. The molecule has 1 aromatic heterocycles. The second-order valence-corrected chi connectivity index (χ2v) is 7.75. The first kappa shape index (κ1) is 19.0. The number of thiophene rings is 1. The average Bonchev–Trinajstić information content (AvgIpc) is 3.27. The van der Waals surface area contributed by atoms with E-state index in [9.17, 15) is 4.79 Å². The van der Waals surface area contributed by atoms with Crippen molar-refractivity contribution >= 4 is 29.7 Å².